The monoisotopic (exact) mass is 337 g/mol. The van der Waals surface area contributed by atoms with Crippen molar-refractivity contribution in [1.82, 2.24) is 4.72 Å². The van der Waals surface area contributed by atoms with E-state index in [2.05, 4.69) is 20.7 Å². The van der Waals surface area contributed by atoms with Crippen molar-refractivity contribution < 1.29 is 17.9 Å². The third-order valence-electron chi connectivity index (χ3n) is 2.25. The zero-order valence-electron chi connectivity index (χ0n) is 10.2. The van der Waals surface area contributed by atoms with Crippen LogP contribution in [0.5, 0.6) is 5.75 Å². The first kappa shape index (κ1) is 15.4. The molecule has 7 heteroatoms. The molecule has 0 amide bonds. The zero-order valence-corrected chi connectivity index (χ0v) is 12.6. The van der Waals surface area contributed by atoms with E-state index in [4.69, 9.17) is 9.47 Å². The number of hydrogen-bond donors (Lipinski definition) is 1. The molecule has 102 valence electrons. The Morgan fingerprint density at radius 2 is 1.89 bits per heavy atom. The van der Waals surface area contributed by atoms with Crippen molar-refractivity contribution in [2.45, 2.75) is 10.9 Å². The summed E-state index contributed by atoms with van der Waals surface area (Å²) in [5.74, 6) is 0.614. The second-order valence-electron chi connectivity index (χ2n) is 3.60. The SMILES string of the molecule is COCC(CBr)NS(=O)(=O)c1ccc(OC)cc1. The minimum Gasteiger partial charge on any atom is -0.497 e. The summed E-state index contributed by atoms with van der Waals surface area (Å²) in [6, 6.07) is 5.91. The molecule has 0 radical (unpaired) electrons. The number of halogens is 1. The Morgan fingerprint density at radius 1 is 1.28 bits per heavy atom. The fourth-order valence-corrected chi connectivity index (χ4v) is 3.14. The maximum absolute atomic E-state index is 12.0. The second-order valence-corrected chi connectivity index (χ2v) is 5.96. The molecule has 1 N–H and O–H groups in total. The van der Waals surface area contributed by atoms with Crippen LogP contribution in [0.2, 0.25) is 0 Å². The van der Waals surface area contributed by atoms with Crippen molar-refractivity contribution in [1.29, 1.82) is 0 Å². The molecule has 1 unspecified atom stereocenters. The molecular weight excluding hydrogens is 322 g/mol. The first-order valence-electron chi connectivity index (χ1n) is 5.24. The van der Waals surface area contributed by atoms with Crippen LogP contribution >= 0.6 is 15.9 Å². The van der Waals surface area contributed by atoms with E-state index in [9.17, 15) is 8.42 Å². The molecule has 0 aliphatic carbocycles. The largest absolute Gasteiger partial charge is 0.497 e. The number of sulfonamides is 1. The molecule has 0 saturated carbocycles. The molecule has 0 bridgehead atoms. The van der Waals surface area contributed by atoms with E-state index in [0.717, 1.165) is 0 Å². The average molecular weight is 338 g/mol. The van der Waals surface area contributed by atoms with E-state index in [-0.39, 0.29) is 10.9 Å². The van der Waals surface area contributed by atoms with Gasteiger partial charge in [0.15, 0.2) is 0 Å². The third kappa shape index (κ3) is 4.24. The molecule has 0 aromatic heterocycles. The number of alkyl halides is 1. The summed E-state index contributed by atoms with van der Waals surface area (Å²) in [6.45, 7) is 0.306. The highest BCUT2D eigenvalue weighted by atomic mass is 79.9. The number of methoxy groups -OCH3 is 2. The Bertz CT molecular complexity index is 460. The predicted octanol–water partition coefficient (Wildman–Crippen LogP) is 1.38. The maximum Gasteiger partial charge on any atom is 0.240 e. The van der Waals surface area contributed by atoms with Gasteiger partial charge in [0.2, 0.25) is 10.0 Å². The Hall–Kier alpha value is -0.630. The normalized spacial score (nSPS) is 13.3. The number of benzene rings is 1. The first-order valence-corrected chi connectivity index (χ1v) is 7.85. The lowest BCUT2D eigenvalue weighted by Gasteiger charge is -2.15. The van der Waals surface area contributed by atoms with Crippen LogP contribution in [-0.4, -0.2) is 40.6 Å². The summed E-state index contributed by atoms with van der Waals surface area (Å²) >= 11 is 3.24. The minimum absolute atomic E-state index is 0.199. The predicted molar refractivity (Wildman–Crippen MR) is 72.8 cm³/mol. The van der Waals surface area contributed by atoms with Crippen LogP contribution in [0.1, 0.15) is 0 Å². The Morgan fingerprint density at radius 3 is 2.33 bits per heavy atom. The quantitative estimate of drug-likeness (QED) is 0.763. The van der Waals surface area contributed by atoms with Gasteiger partial charge in [-0.2, -0.15) is 0 Å². The van der Waals surface area contributed by atoms with Gasteiger partial charge in [0, 0.05) is 12.4 Å². The molecule has 1 atom stereocenters. The van der Waals surface area contributed by atoms with Crippen LogP contribution in [0, 0.1) is 0 Å². The van der Waals surface area contributed by atoms with Gasteiger partial charge in [-0.25, -0.2) is 13.1 Å². The number of rotatable bonds is 7. The molecular formula is C11H16BrNO4S. The molecule has 0 aliphatic rings. The number of ether oxygens (including phenoxy) is 2. The van der Waals surface area contributed by atoms with Crippen LogP contribution < -0.4 is 9.46 Å². The Balaban J connectivity index is 2.84. The highest BCUT2D eigenvalue weighted by Crippen LogP contribution is 2.15. The van der Waals surface area contributed by atoms with Crippen molar-refractivity contribution in [2.24, 2.45) is 0 Å². The fraction of sp³-hybridized carbons (Fsp3) is 0.455. The summed E-state index contributed by atoms with van der Waals surface area (Å²) < 4.78 is 36.6. The molecule has 1 aromatic carbocycles. The third-order valence-corrected chi connectivity index (χ3v) is 4.56. The molecule has 5 nitrogen and oxygen atoms in total. The van der Waals surface area contributed by atoms with Crippen LogP contribution in [0.4, 0.5) is 0 Å². The Labute approximate surface area is 116 Å². The smallest absolute Gasteiger partial charge is 0.240 e. The van der Waals surface area contributed by atoms with Crippen LogP contribution in [-0.2, 0) is 14.8 Å². The summed E-state index contributed by atoms with van der Waals surface area (Å²) in [7, 11) is -0.480. The summed E-state index contributed by atoms with van der Waals surface area (Å²) in [5, 5.41) is 0.482. The topological polar surface area (TPSA) is 64.6 Å². The van der Waals surface area contributed by atoms with E-state index in [0.29, 0.717) is 17.7 Å². The molecule has 0 fully saturated rings. The van der Waals surface area contributed by atoms with Gasteiger partial charge < -0.3 is 9.47 Å². The van der Waals surface area contributed by atoms with Gasteiger partial charge in [-0.05, 0) is 24.3 Å². The van der Waals surface area contributed by atoms with Crippen molar-refractivity contribution >= 4 is 26.0 Å². The average Bonchev–Trinajstić information content (AvgIpc) is 2.38. The van der Waals surface area contributed by atoms with E-state index < -0.39 is 10.0 Å². The van der Waals surface area contributed by atoms with Crippen molar-refractivity contribution in [2.75, 3.05) is 26.2 Å². The van der Waals surface area contributed by atoms with Crippen LogP contribution in [0.25, 0.3) is 0 Å². The number of nitrogens with one attached hydrogen (secondary N) is 1. The van der Waals surface area contributed by atoms with E-state index in [1.54, 1.807) is 12.1 Å². The van der Waals surface area contributed by atoms with Gasteiger partial charge in [-0.3, -0.25) is 0 Å². The van der Waals surface area contributed by atoms with Gasteiger partial charge >= 0.3 is 0 Å². The van der Waals surface area contributed by atoms with E-state index in [1.165, 1.54) is 26.4 Å². The standard InChI is InChI=1S/C11H16BrNO4S/c1-16-8-9(7-12)13-18(14,15)11-5-3-10(17-2)4-6-11/h3-6,9,13H,7-8H2,1-2H3. The van der Waals surface area contributed by atoms with E-state index >= 15 is 0 Å². The van der Waals surface area contributed by atoms with Gasteiger partial charge in [0.25, 0.3) is 0 Å². The van der Waals surface area contributed by atoms with Crippen LogP contribution in [0.3, 0.4) is 0 Å². The van der Waals surface area contributed by atoms with Crippen molar-refractivity contribution in [3.05, 3.63) is 24.3 Å². The summed E-state index contributed by atoms with van der Waals surface area (Å²) in [6.07, 6.45) is 0. The van der Waals surface area contributed by atoms with Gasteiger partial charge in [-0.15, -0.1) is 0 Å². The summed E-state index contributed by atoms with van der Waals surface area (Å²) in [4.78, 5) is 0.199. The first-order chi connectivity index (χ1) is 8.53. The van der Waals surface area contributed by atoms with Gasteiger partial charge in [-0.1, -0.05) is 15.9 Å². The minimum atomic E-state index is -3.53. The summed E-state index contributed by atoms with van der Waals surface area (Å²) in [5.41, 5.74) is 0. The molecule has 1 aromatic rings. The van der Waals surface area contributed by atoms with Gasteiger partial charge in [0.05, 0.1) is 24.7 Å². The molecule has 0 heterocycles. The highest BCUT2D eigenvalue weighted by Gasteiger charge is 2.19. The lowest BCUT2D eigenvalue weighted by atomic mass is 10.3. The zero-order chi connectivity index (χ0) is 13.6. The molecule has 0 aliphatic heterocycles. The number of hydrogen-bond acceptors (Lipinski definition) is 4. The van der Waals surface area contributed by atoms with Gasteiger partial charge in [0.1, 0.15) is 5.75 Å². The van der Waals surface area contributed by atoms with Crippen molar-refractivity contribution in [3.63, 3.8) is 0 Å². The molecule has 1 rings (SSSR count). The van der Waals surface area contributed by atoms with Crippen LogP contribution in [0.15, 0.2) is 29.2 Å². The molecule has 18 heavy (non-hydrogen) atoms. The van der Waals surface area contributed by atoms with E-state index in [1.807, 2.05) is 0 Å². The Kier molecular flexibility index (Phi) is 6.07. The lowest BCUT2D eigenvalue weighted by Crippen LogP contribution is -2.39. The molecule has 0 saturated heterocycles. The maximum atomic E-state index is 12.0. The lowest BCUT2D eigenvalue weighted by molar-refractivity contribution is 0.182. The molecule has 0 spiro atoms. The van der Waals surface area contributed by atoms with Crippen molar-refractivity contribution in [3.8, 4) is 5.75 Å². The highest BCUT2D eigenvalue weighted by molar-refractivity contribution is 9.09. The second kappa shape index (κ2) is 7.08. The fourth-order valence-electron chi connectivity index (χ4n) is 1.35.